The van der Waals surface area contributed by atoms with Crippen LogP contribution in [0.25, 0.3) is 0 Å². The molecule has 0 saturated carbocycles. The lowest BCUT2D eigenvalue weighted by Crippen LogP contribution is -2.61. The van der Waals surface area contributed by atoms with Crippen molar-refractivity contribution < 1.29 is 0 Å². The van der Waals surface area contributed by atoms with Crippen molar-refractivity contribution in [3.05, 3.63) is 0 Å². The summed E-state index contributed by atoms with van der Waals surface area (Å²) in [6.45, 7) is 10.1. The molecule has 2 N–H and O–H groups in total. The van der Waals surface area contributed by atoms with Gasteiger partial charge in [0, 0.05) is 43.0 Å². The zero-order valence-electron chi connectivity index (χ0n) is 13.5. The molecule has 0 aromatic heterocycles. The second-order valence-electron chi connectivity index (χ2n) is 6.19. The lowest BCUT2D eigenvalue weighted by Gasteiger charge is -2.50. The summed E-state index contributed by atoms with van der Waals surface area (Å²) in [5.74, 6) is 1.21. The van der Waals surface area contributed by atoms with Gasteiger partial charge in [0.1, 0.15) is 0 Å². The summed E-state index contributed by atoms with van der Waals surface area (Å²) >= 11 is 1.95. The molecular formula is C15H33N3S. The largest absolute Gasteiger partial charge is 0.329 e. The summed E-state index contributed by atoms with van der Waals surface area (Å²) in [5, 5.41) is 0. The van der Waals surface area contributed by atoms with Crippen LogP contribution in [0.5, 0.6) is 0 Å². The van der Waals surface area contributed by atoms with Crippen molar-refractivity contribution in [1.29, 1.82) is 0 Å². The Bertz CT molecular complexity index is 250. The van der Waals surface area contributed by atoms with Crippen molar-refractivity contribution in [2.24, 2.45) is 5.73 Å². The van der Waals surface area contributed by atoms with Gasteiger partial charge in [-0.2, -0.15) is 11.8 Å². The summed E-state index contributed by atoms with van der Waals surface area (Å²) in [6, 6.07) is 1.32. The van der Waals surface area contributed by atoms with Gasteiger partial charge in [0.25, 0.3) is 0 Å². The highest BCUT2D eigenvalue weighted by molar-refractivity contribution is 7.98. The SMILES string of the molecule is CCC(CSC)N(C)C1(CN)CCN(C(C)C)CC1. The number of nitrogens with two attached hydrogens (primary N) is 1. The van der Waals surface area contributed by atoms with Gasteiger partial charge in [-0.15, -0.1) is 0 Å². The van der Waals surface area contributed by atoms with Crippen molar-refractivity contribution in [3.63, 3.8) is 0 Å². The molecule has 19 heavy (non-hydrogen) atoms. The first-order valence-corrected chi connectivity index (χ1v) is 9.06. The average molecular weight is 288 g/mol. The number of thioether (sulfide) groups is 1. The van der Waals surface area contributed by atoms with Crippen LogP contribution in [0.15, 0.2) is 0 Å². The molecule has 3 nitrogen and oxygen atoms in total. The molecular weight excluding hydrogens is 254 g/mol. The Hall–Kier alpha value is 0.230. The fourth-order valence-electron chi connectivity index (χ4n) is 3.24. The second-order valence-corrected chi connectivity index (χ2v) is 7.10. The highest BCUT2D eigenvalue weighted by Gasteiger charge is 2.39. The first-order valence-electron chi connectivity index (χ1n) is 7.66. The summed E-state index contributed by atoms with van der Waals surface area (Å²) < 4.78 is 0. The molecule has 0 radical (unpaired) electrons. The average Bonchev–Trinajstić information content (AvgIpc) is 2.44. The smallest absolute Gasteiger partial charge is 0.0356 e. The van der Waals surface area contributed by atoms with Gasteiger partial charge in [-0.25, -0.2) is 0 Å². The van der Waals surface area contributed by atoms with Crippen LogP contribution < -0.4 is 5.73 Å². The van der Waals surface area contributed by atoms with Crippen LogP contribution in [0.4, 0.5) is 0 Å². The fraction of sp³-hybridized carbons (Fsp3) is 1.00. The molecule has 1 saturated heterocycles. The van der Waals surface area contributed by atoms with Gasteiger partial charge in [0.15, 0.2) is 0 Å². The van der Waals surface area contributed by atoms with E-state index in [1.165, 1.54) is 38.1 Å². The van der Waals surface area contributed by atoms with E-state index in [1.54, 1.807) is 0 Å². The third-order valence-corrected chi connectivity index (χ3v) is 5.68. The predicted molar refractivity (Wildman–Crippen MR) is 88.0 cm³/mol. The molecule has 0 bridgehead atoms. The number of piperidine rings is 1. The molecule has 1 rings (SSSR count). The zero-order valence-corrected chi connectivity index (χ0v) is 14.3. The van der Waals surface area contributed by atoms with Gasteiger partial charge in [-0.05, 0) is 46.4 Å². The number of nitrogens with zero attached hydrogens (tertiary/aromatic N) is 2. The molecule has 1 fully saturated rings. The van der Waals surface area contributed by atoms with Crippen LogP contribution in [0.3, 0.4) is 0 Å². The monoisotopic (exact) mass is 287 g/mol. The standard InChI is InChI=1S/C15H33N3S/c1-6-14(11-19-5)17(4)15(12-16)7-9-18(10-8-15)13(2)3/h13-14H,6-12,16H2,1-5H3. The van der Waals surface area contributed by atoms with E-state index in [9.17, 15) is 0 Å². The molecule has 0 aromatic carbocycles. The summed E-state index contributed by atoms with van der Waals surface area (Å²) in [6.07, 6.45) is 5.84. The van der Waals surface area contributed by atoms with E-state index in [0.717, 1.165) is 6.54 Å². The molecule has 114 valence electrons. The maximum Gasteiger partial charge on any atom is 0.0356 e. The van der Waals surface area contributed by atoms with Crippen LogP contribution in [-0.4, -0.2) is 66.1 Å². The highest BCUT2D eigenvalue weighted by atomic mass is 32.2. The number of likely N-dealkylation sites (N-methyl/N-ethyl adjacent to an activating group) is 1. The molecule has 4 heteroatoms. The van der Waals surface area contributed by atoms with Gasteiger partial charge < -0.3 is 10.6 Å². The summed E-state index contributed by atoms with van der Waals surface area (Å²) in [5.41, 5.74) is 6.41. The maximum atomic E-state index is 6.18. The van der Waals surface area contributed by atoms with Crippen LogP contribution in [-0.2, 0) is 0 Å². The predicted octanol–water partition coefficient (Wildman–Crippen LogP) is 2.26. The topological polar surface area (TPSA) is 32.5 Å². The number of likely N-dealkylation sites (tertiary alicyclic amines) is 1. The molecule has 0 spiro atoms. The normalized spacial score (nSPS) is 22.1. The van der Waals surface area contributed by atoms with E-state index in [0.29, 0.717) is 12.1 Å². The van der Waals surface area contributed by atoms with Crippen molar-refractivity contribution in [2.45, 2.75) is 57.7 Å². The molecule has 0 aliphatic carbocycles. The third kappa shape index (κ3) is 4.10. The molecule has 0 amide bonds. The van der Waals surface area contributed by atoms with Gasteiger partial charge in [-0.3, -0.25) is 4.90 Å². The van der Waals surface area contributed by atoms with E-state index in [2.05, 4.69) is 43.9 Å². The van der Waals surface area contributed by atoms with Crippen LogP contribution >= 0.6 is 11.8 Å². The Morgan fingerprint density at radius 2 is 1.89 bits per heavy atom. The van der Waals surface area contributed by atoms with Gasteiger partial charge in [0.2, 0.25) is 0 Å². The van der Waals surface area contributed by atoms with Gasteiger partial charge in [-0.1, -0.05) is 6.92 Å². The van der Waals surface area contributed by atoms with Crippen molar-refractivity contribution in [1.82, 2.24) is 9.80 Å². The Morgan fingerprint density at radius 1 is 1.32 bits per heavy atom. The molecule has 1 heterocycles. The Labute approximate surface area is 124 Å². The molecule has 1 atom stereocenters. The first-order chi connectivity index (χ1) is 9.00. The first kappa shape index (κ1) is 17.3. The lowest BCUT2D eigenvalue weighted by molar-refractivity contribution is 0.0131. The van der Waals surface area contributed by atoms with Crippen LogP contribution in [0, 0.1) is 0 Å². The molecule has 1 aliphatic rings. The minimum Gasteiger partial charge on any atom is -0.329 e. The molecule has 1 unspecified atom stereocenters. The Morgan fingerprint density at radius 3 is 2.26 bits per heavy atom. The van der Waals surface area contributed by atoms with Gasteiger partial charge >= 0.3 is 0 Å². The van der Waals surface area contributed by atoms with E-state index in [1.807, 2.05) is 11.8 Å². The van der Waals surface area contributed by atoms with E-state index >= 15 is 0 Å². The van der Waals surface area contributed by atoms with Crippen molar-refractivity contribution >= 4 is 11.8 Å². The Balaban J connectivity index is 2.70. The lowest BCUT2D eigenvalue weighted by atomic mass is 9.84. The van der Waals surface area contributed by atoms with E-state index < -0.39 is 0 Å². The minimum atomic E-state index is 0.224. The van der Waals surface area contributed by atoms with Crippen LogP contribution in [0.2, 0.25) is 0 Å². The van der Waals surface area contributed by atoms with Gasteiger partial charge in [0.05, 0.1) is 0 Å². The second kappa shape index (κ2) is 7.87. The fourth-order valence-corrected chi connectivity index (χ4v) is 4.08. The quantitative estimate of drug-likeness (QED) is 0.778. The highest BCUT2D eigenvalue weighted by Crippen LogP contribution is 2.30. The number of rotatable bonds is 7. The van der Waals surface area contributed by atoms with E-state index in [-0.39, 0.29) is 5.54 Å². The van der Waals surface area contributed by atoms with E-state index in [4.69, 9.17) is 5.73 Å². The van der Waals surface area contributed by atoms with Crippen molar-refractivity contribution in [2.75, 3.05) is 38.7 Å². The Kier molecular flexibility index (Phi) is 7.15. The molecule has 1 aliphatic heterocycles. The maximum absolute atomic E-state index is 6.18. The third-order valence-electron chi connectivity index (χ3n) is 4.97. The minimum absolute atomic E-state index is 0.224. The molecule has 0 aromatic rings. The number of hydrogen-bond donors (Lipinski definition) is 1. The summed E-state index contributed by atoms with van der Waals surface area (Å²) in [7, 11) is 2.29. The van der Waals surface area contributed by atoms with Crippen molar-refractivity contribution in [3.8, 4) is 0 Å². The summed E-state index contributed by atoms with van der Waals surface area (Å²) in [4.78, 5) is 5.18. The number of hydrogen-bond acceptors (Lipinski definition) is 4. The van der Waals surface area contributed by atoms with Crippen LogP contribution in [0.1, 0.15) is 40.0 Å². The zero-order chi connectivity index (χ0) is 14.5.